The largest absolute Gasteiger partial charge is 0.338 e. The molecule has 2 amide bonds. The van der Waals surface area contributed by atoms with Gasteiger partial charge in [0, 0.05) is 24.5 Å². The summed E-state index contributed by atoms with van der Waals surface area (Å²) in [4.78, 5) is 31.6. The molecule has 1 aliphatic heterocycles. The number of rotatable bonds is 5. The van der Waals surface area contributed by atoms with Gasteiger partial charge in [-0.2, -0.15) is 0 Å². The Morgan fingerprint density at radius 2 is 2.15 bits per heavy atom. The van der Waals surface area contributed by atoms with Gasteiger partial charge in [0.1, 0.15) is 0 Å². The molecular weight excluding hydrogens is 427 g/mol. The number of hydrogen-bond acceptors (Lipinski definition) is 6. The van der Waals surface area contributed by atoms with Crippen LogP contribution in [0.15, 0.2) is 22.9 Å². The van der Waals surface area contributed by atoms with Gasteiger partial charge in [-0.1, -0.05) is 13.0 Å². The molecule has 0 spiro atoms. The number of amides is 2. The van der Waals surface area contributed by atoms with Crippen molar-refractivity contribution in [3.05, 3.63) is 33.5 Å². The molecule has 10 heteroatoms. The minimum Gasteiger partial charge on any atom is -0.338 e. The van der Waals surface area contributed by atoms with Crippen molar-refractivity contribution in [3.8, 4) is 0 Å². The van der Waals surface area contributed by atoms with E-state index in [0.717, 1.165) is 19.4 Å². The van der Waals surface area contributed by atoms with Gasteiger partial charge < -0.3 is 10.6 Å². The van der Waals surface area contributed by atoms with Crippen LogP contribution in [-0.4, -0.2) is 40.8 Å². The Balaban J connectivity index is 0.00000182. The van der Waals surface area contributed by atoms with Gasteiger partial charge in [0.25, 0.3) is 5.91 Å². The summed E-state index contributed by atoms with van der Waals surface area (Å²) in [6, 6.07) is 3.72. The van der Waals surface area contributed by atoms with Gasteiger partial charge in [0.05, 0.1) is 17.0 Å². The van der Waals surface area contributed by atoms with Crippen LogP contribution in [0, 0.1) is 5.92 Å². The van der Waals surface area contributed by atoms with E-state index in [1.807, 2.05) is 21.7 Å². The number of piperidine rings is 1. The van der Waals surface area contributed by atoms with E-state index in [4.69, 9.17) is 5.73 Å². The number of nitrogens with zero attached hydrogens (tertiary/aromatic N) is 2. The lowest BCUT2D eigenvalue weighted by Crippen LogP contribution is -2.49. The van der Waals surface area contributed by atoms with Gasteiger partial charge in [-0.05, 0) is 30.2 Å². The van der Waals surface area contributed by atoms with Crippen molar-refractivity contribution in [2.24, 2.45) is 11.7 Å². The molecule has 3 N–H and O–H groups in total. The van der Waals surface area contributed by atoms with Crippen LogP contribution < -0.4 is 11.1 Å². The van der Waals surface area contributed by atoms with Crippen molar-refractivity contribution in [1.29, 1.82) is 0 Å². The highest BCUT2D eigenvalue weighted by atomic mass is 35.5. The van der Waals surface area contributed by atoms with E-state index >= 15 is 0 Å². The van der Waals surface area contributed by atoms with Gasteiger partial charge >= 0.3 is 0 Å². The van der Waals surface area contributed by atoms with Gasteiger partial charge in [0.2, 0.25) is 5.91 Å². The summed E-state index contributed by atoms with van der Waals surface area (Å²) in [6.45, 7) is 3.46. The molecule has 0 aliphatic carbocycles. The van der Waals surface area contributed by atoms with Crippen LogP contribution in [-0.2, 0) is 11.2 Å². The fraction of sp³-hybridized carbons (Fsp3) is 0.471. The highest BCUT2D eigenvalue weighted by Crippen LogP contribution is 2.24. The molecule has 2 aromatic heterocycles. The number of carbonyl (C=O) groups excluding carboxylic acids is 2. The summed E-state index contributed by atoms with van der Waals surface area (Å²) in [5, 5.41) is 6.98. The van der Waals surface area contributed by atoms with Crippen molar-refractivity contribution in [2.75, 3.05) is 18.4 Å². The van der Waals surface area contributed by atoms with E-state index < -0.39 is 0 Å². The first kappa shape index (κ1) is 23.8. The summed E-state index contributed by atoms with van der Waals surface area (Å²) in [6.07, 6.45) is 2.22. The van der Waals surface area contributed by atoms with Crippen LogP contribution in [0.2, 0.25) is 0 Å². The molecule has 1 saturated heterocycles. The average Bonchev–Trinajstić information content (AvgIpc) is 3.26. The fourth-order valence-electron chi connectivity index (χ4n) is 3.07. The number of likely N-dealkylation sites (tertiary alicyclic amines) is 1. The van der Waals surface area contributed by atoms with Crippen molar-refractivity contribution in [1.82, 2.24) is 9.88 Å². The van der Waals surface area contributed by atoms with Gasteiger partial charge in [-0.15, -0.1) is 47.5 Å². The van der Waals surface area contributed by atoms with Crippen molar-refractivity contribution in [2.45, 2.75) is 32.2 Å². The standard InChI is InChI=1S/C17H22N4O2S2.2ClH/c1-11-4-5-21(13(7-11)9-18)15(22)8-12-10-25-17(19-12)20-16(23)14-3-2-6-24-14;;/h2-3,6,10-11,13H,4-5,7-9,18H2,1H3,(H,19,20,23);2*1H. The third-order valence-corrected chi connectivity index (χ3v) is 6.10. The van der Waals surface area contributed by atoms with Crippen LogP contribution >= 0.6 is 47.5 Å². The van der Waals surface area contributed by atoms with Crippen molar-refractivity contribution < 1.29 is 9.59 Å². The summed E-state index contributed by atoms with van der Waals surface area (Å²) >= 11 is 2.72. The summed E-state index contributed by atoms with van der Waals surface area (Å²) in [5.41, 5.74) is 6.52. The molecule has 0 aromatic carbocycles. The predicted molar refractivity (Wildman–Crippen MR) is 116 cm³/mol. The number of thiophene rings is 1. The third-order valence-electron chi connectivity index (χ3n) is 4.42. The second kappa shape index (κ2) is 11.0. The Morgan fingerprint density at radius 1 is 1.37 bits per heavy atom. The smallest absolute Gasteiger partial charge is 0.267 e. The fourth-order valence-corrected chi connectivity index (χ4v) is 4.40. The molecule has 3 heterocycles. The SMILES string of the molecule is CC1CCN(C(=O)Cc2csc(NC(=O)c3cccs3)n2)C(CN)C1.Cl.Cl. The minimum atomic E-state index is -0.171. The first-order valence-corrected chi connectivity index (χ1v) is 10.1. The summed E-state index contributed by atoms with van der Waals surface area (Å²) < 4.78 is 0. The number of hydrogen-bond donors (Lipinski definition) is 2. The molecule has 1 fully saturated rings. The zero-order valence-corrected chi connectivity index (χ0v) is 18.2. The average molecular weight is 451 g/mol. The highest BCUT2D eigenvalue weighted by Gasteiger charge is 2.29. The molecular formula is C17H24Cl2N4O2S2. The Labute approximate surface area is 179 Å². The number of nitrogens with one attached hydrogen (secondary N) is 1. The van der Waals surface area contributed by atoms with Crippen LogP contribution in [0.4, 0.5) is 5.13 Å². The predicted octanol–water partition coefficient (Wildman–Crippen LogP) is 3.43. The maximum Gasteiger partial charge on any atom is 0.267 e. The Bertz CT molecular complexity index is 739. The molecule has 6 nitrogen and oxygen atoms in total. The maximum absolute atomic E-state index is 12.6. The highest BCUT2D eigenvalue weighted by molar-refractivity contribution is 7.14. The van der Waals surface area contributed by atoms with Crippen LogP contribution in [0.1, 0.15) is 35.1 Å². The van der Waals surface area contributed by atoms with Crippen LogP contribution in [0.5, 0.6) is 0 Å². The van der Waals surface area contributed by atoms with E-state index in [-0.39, 0.29) is 49.1 Å². The van der Waals surface area contributed by atoms with Crippen LogP contribution in [0.3, 0.4) is 0 Å². The second-order valence-corrected chi connectivity index (χ2v) is 8.16. The number of carbonyl (C=O) groups is 2. The monoisotopic (exact) mass is 450 g/mol. The number of aromatic nitrogens is 1. The lowest BCUT2D eigenvalue weighted by molar-refractivity contribution is -0.134. The Morgan fingerprint density at radius 3 is 2.81 bits per heavy atom. The topological polar surface area (TPSA) is 88.3 Å². The molecule has 2 aromatic rings. The molecule has 2 atom stereocenters. The minimum absolute atomic E-state index is 0. The number of halogens is 2. The molecule has 27 heavy (non-hydrogen) atoms. The molecule has 0 radical (unpaired) electrons. The molecule has 1 aliphatic rings. The molecule has 2 unspecified atom stereocenters. The van der Waals surface area contributed by atoms with Crippen LogP contribution in [0.25, 0.3) is 0 Å². The van der Waals surface area contributed by atoms with Crippen molar-refractivity contribution in [3.63, 3.8) is 0 Å². The number of thiazole rings is 1. The zero-order chi connectivity index (χ0) is 17.8. The Kier molecular flexibility index (Phi) is 9.69. The van der Waals surface area contributed by atoms with Gasteiger partial charge in [-0.25, -0.2) is 4.98 Å². The Hall–Kier alpha value is -1.19. The van der Waals surface area contributed by atoms with Gasteiger partial charge in [0.15, 0.2) is 5.13 Å². The van der Waals surface area contributed by atoms with E-state index in [9.17, 15) is 9.59 Å². The maximum atomic E-state index is 12.6. The van der Waals surface area contributed by atoms with Crippen molar-refractivity contribution >= 4 is 64.4 Å². The molecule has 3 rings (SSSR count). The number of anilines is 1. The lowest BCUT2D eigenvalue weighted by Gasteiger charge is -2.38. The van der Waals surface area contributed by atoms with E-state index in [1.165, 1.54) is 22.7 Å². The normalized spacial score (nSPS) is 19.0. The van der Waals surface area contributed by atoms with E-state index in [2.05, 4.69) is 17.2 Å². The van der Waals surface area contributed by atoms with E-state index in [0.29, 0.717) is 28.2 Å². The zero-order valence-electron chi connectivity index (χ0n) is 14.9. The quantitative estimate of drug-likeness (QED) is 0.729. The van der Waals surface area contributed by atoms with Gasteiger partial charge in [-0.3, -0.25) is 14.9 Å². The third kappa shape index (κ3) is 6.15. The second-order valence-electron chi connectivity index (χ2n) is 6.36. The molecule has 150 valence electrons. The number of nitrogens with two attached hydrogens (primary N) is 1. The molecule has 0 saturated carbocycles. The van der Waals surface area contributed by atoms with E-state index in [1.54, 1.807) is 6.07 Å². The summed E-state index contributed by atoms with van der Waals surface area (Å²) in [5.74, 6) is 0.496. The molecule has 0 bridgehead atoms. The first-order chi connectivity index (χ1) is 12.1. The lowest BCUT2D eigenvalue weighted by atomic mass is 9.92. The first-order valence-electron chi connectivity index (χ1n) is 8.35. The summed E-state index contributed by atoms with van der Waals surface area (Å²) in [7, 11) is 0.